The van der Waals surface area contributed by atoms with Crippen LogP contribution in [0.3, 0.4) is 0 Å². The van der Waals surface area contributed by atoms with Gasteiger partial charge in [-0.1, -0.05) is 0 Å². The molecule has 1 saturated heterocycles. The third kappa shape index (κ3) is 6.51. The Bertz CT molecular complexity index is 614. The van der Waals surface area contributed by atoms with Gasteiger partial charge in [-0.05, 0) is 18.6 Å². The van der Waals surface area contributed by atoms with Crippen molar-refractivity contribution >= 4 is 11.6 Å². The van der Waals surface area contributed by atoms with Crippen molar-refractivity contribution in [2.75, 3.05) is 39.3 Å². The monoisotopic (exact) mass is 375 g/mol. The van der Waals surface area contributed by atoms with E-state index in [1.54, 1.807) is 0 Å². The predicted molar refractivity (Wildman–Crippen MR) is 86.9 cm³/mol. The average Bonchev–Trinajstić information content (AvgIpc) is 2.58. The first kappa shape index (κ1) is 20.0. The van der Waals surface area contributed by atoms with Crippen LogP contribution in [0.25, 0.3) is 0 Å². The van der Waals surface area contributed by atoms with Gasteiger partial charge in [0.25, 0.3) is 5.69 Å². The molecule has 1 fully saturated rings. The molecule has 144 valence electrons. The topological polar surface area (TPSA) is 75.9 Å². The Hall–Kier alpha value is -2.36. The van der Waals surface area contributed by atoms with Gasteiger partial charge in [0.2, 0.25) is 5.91 Å². The molecule has 2 rings (SSSR count). The molecule has 1 aromatic rings. The minimum absolute atomic E-state index is 0.00436. The van der Waals surface area contributed by atoms with E-state index in [0.717, 1.165) is 0 Å². The van der Waals surface area contributed by atoms with Crippen molar-refractivity contribution in [2.45, 2.75) is 19.0 Å². The molecule has 1 amide bonds. The molecule has 0 radical (unpaired) electrons. The summed E-state index contributed by atoms with van der Waals surface area (Å²) in [6.45, 7) is 2.76. The van der Waals surface area contributed by atoms with Crippen LogP contribution in [0.15, 0.2) is 24.3 Å². The zero-order valence-electron chi connectivity index (χ0n) is 14.1. The number of carbonyl (C=O) groups is 1. The van der Waals surface area contributed by atoms with Crippen LogP contribution in [-0.2, 0) is 4.79 Å². The summed E-state index contributed by atoms with van der Waals surface area (Å²) in [7, 11) is 0. The molecule has 1 aromatic carbocycles. The lowest BCUT2D eigenvalue weighted by molar-refractivity contribution is -0.384. The van der Waals surface area contributed by atoms with Crippen LogP contribution < -0.4 is 4.74 Å². The summed E-state index contributed by atoms with van der Waals surface area (Å²) in [6, 6.07) is 5.80. The highest BCUT2D eigenvalue weighted by atomic mass is 19.4. The summed E-state index contributed by atoms with van der Waals surface area (Å²) in [4.78, 5) is 24.9. The fraction of sp³-hybridized carbons (Fsp3) is 0.562. The number of carbonyl (C=O) groups excluding carboxylic acids is 1. The first-order valence-corrected chi connectivity index (χ1v) is 8.19. The number of rotatable bonds is 7. The number of hydrogen-bond acceptors (Lipinski definition) is 5. The van der Waals surface area contributed by atoms with Crippen LogP contribution >= 0.6 is 0 Å². The number of benzene rings is 1. The van der Waals surface area contributed by atoms with Crippen molar-refractivity contribution in [3.8, 4) is 5.75 Å². The van der Waals surface area contributed by atoms with E-state index in [9.17, 15) is 28.1 Å². The van der Waals surface area contributed by atoms with Crippen LogP contribution in [0, 0.1) is 10.1 Å². The van der Waals surface area contributed by atoms with Crippen molar-refractivity contribution in [3.05, 3.63) is 34.4 Å². The van der Waals surface area contributed by atoms with E-state index in [-0.39, 0.29) is 18.8 Å². The van der Waals surface area contributed by atoms with Gasteiger partial charge in [-0.15, -0.1) is 0 Å². The van der Waals surface area contributed by atoms with Crippen LogP contribution in [-0.4, -0.2) is 66.1 Å². The lowest BCUT2D eigenvalue weighted by atomic mass is 10.2. The Morgan fingerprint density at radius 2 is 1.77 bits per heavy atom. The van der Waals surface area contributed by atoms with E-state index < -0.39 is 23.4 Å². The number of hydrogen-bond donors (Lipinski definition) is 0. The first-order chi connectivity index (χ1) is 12.2. The molecule has 0 bridgehead atoms. The van der Waals surface area contributed by atoms with Crippen LogP contribution in [0.5, 0.6) is 5.75 Å². The van der Waals surface area contributed by atoms with E-state index >= 15 is 0 Å². The minimum atomic E-state index is -4.47. The van der Waals surface area contributed by atoms with E-state index in [0.29, 0.717) is 38.4 Å². The van der Waals surface area contributed by atoms with Gasteiger partial charge < -0.3 is 9.64 Å². The maximum Gasteiger partial charge on any atom is 0.397 e. The fourth-order valence-corrected chi connectivity index (χ4v) is 2.65. The molecule has 0 N–H and O–H groups in total. The highest BCUT2D eigenvalue weighted by molar-refractivity contribution is 5.76. The van der Waals surface area contributed by atoms with E-state index in [4.69, 9.17) is 4.74 Å². The molecule has 0 unspecified atom stereocenters. The van der Waals surface area contributed by atoms with Crippen LogP contribution in [0.2, 0.25) is 0 Å². The summed E-state index contributed by atoms with van der Waals surface area (Å²) in [5, 5.41) is 10.6. The van der Waals surface area contributed by atoms with Crippen molar-refractivity contribution < 1.29 is 27.6 Å². The highest BCUT2D eigenvalue weighted by Crippen LogP contribution is 2.21. The number of non-ortho nitro benzene ring substituents is 1. The number of halogens is 3. The van der Waals surface area contributed by atoms with Crippen molar-refractivity contribution in [1.29, 1.82) is 0 Å². The molecule has 1 heterocycles. The molecule has 10 heteroatoms. The fourth-order valence-electron chi connectivity index (χ4n) is 2.65. The number of ether oxygens (including phenoxy) is 1. The van der Waals surface area contributed by atoms with E-state index in [2.05, 4.69) is 4.90 Å². The lowest BCUT2D eigenvalue weighted by Crippen LogP contribution is -2.49. The predicted octanol–water partition coefficient (Wildman–Crippen LogP) is 2.46. The Morgan fingerprint density at radius 3 is 2.31 bits per heavy atom. The molecule has 0 spiro atoms. The van der Waals surface area contributed by atoms with Crippen LogP contribution in [0.4, 0.5) is 18.9 Å². The maximum absolute atomic E-state index is 12.2. The molecule has 1 aliphatic rings. The van der Waals surface area contributed by atoms with E-state index in [1.165, 1.54) is 29.2 Å². The third-order valence-electron chi connectivity index (χ3n) is 4.01. The molecule has 0 saturated carbocycles. The Labute approximate surface area is 148 Å². The zero-order valence-corrected chi connectivity index (χ0v) is 14.1. The SMILES string of the molecule is O=C(CC(F)(F)F)N1CCN(CCCOc2ccc([N+](=O)[O-])cc2)CC1. The van der Waals surface area contributed by atoms with Crippen molar-refractivity contribution in [2.24, 2.45) is 0 Å². The summed E-state index contributed by atoms with van der Waals surface area (Å²) in [5.74, 6) is -0.336. The highest BCUT2D eigenvalue weighted by Gasteiger charge is 2.34. The smallest absolute Gasteiger partial charge is 0.397 e. The molecule has 0 atom stereocenters. The second kappa shape index (κ2) is 8.84. The second-order valence-corrected chi connectivity index (χ2v) is 5.97. The summed E-state index contributed by atoms with van der Waals surface area (Å²) >= 11 is 0. The number of alkyl halides is 3. The molecular weight excluding hydrogens is 355 g/mol. The number of piperazine rings is 1. The average molecular weight is 375 g/mol. The van der Waals surface area contributed by atoms with Gasteiger partial charge in [-0.2, -0.15) is 13.2 Å². The Morgan fingerprint density at radius 1 is 1.15 bits per heavy atom. The Kier molecular flexibility index (Phi) is 6.78. The van der Waals surface area contributed by atoms with Gasteiger partial charge in [-0.25, -0.2) is 0 Å². The summed E-state index contributed by atoms with van der Waals surface area (Å²) in [6.07, 6.45) is -5.17. The van der Waals surface area contributed by atoms with Crippen LogP contribution in [0.1, 0.15) is 12.8 Å². The molecule has 0 aliphatic carbocycles. The van der Waals surface area contributed by atoms with Gasteiger partial charge in [0.05, 0.1) is 11.5 Å². The molecule has 26 heavy (non-hydrogen) atoms. The minimum Gasteiger partial charge on any atom is -0.494 e. The van der Waals surface area contributed by atoms with Gasteiger partial charge in [0, 0.05) is 44.9 Å². The number of amides is 1. The van der Waals surface area contributed by atoms with E-state index in [1.807, 2.05) is 0 Å². The lowest BCUT2D eigenvalue weighted by Gasteiger charge is -2.34. The quantitative estimate of drug-likeness (QED) is 0.416. The molecular formula is C16H20F3N3O4. The van der Waals surface area contributed by atoms with Gasteiger partial charge >= 0.3 is 6.18 Å². The zero-order chi connectivity index (χ0) is 19.2. The van der Waals surface area contributed by atoms with Crippen molar-refractivity contribution in [3.63, 3.8) is 0 Å². The first-order valence-electron chi connectivity index (χ1n) is 8.19. The Balaban J connectivity index is 1.63. The van der Waals surface area contributed by atoms with Crippen molar-refractivity contribution in [1.82, 2.24) is 9.80 Å². The second-order valence-electron chi connectivity index (χ2n) is 5.97. The number of nitrogens with zero attached hydrogens (tertiary/aromatic N) is 3. The van der Waals surface area contributed by atoms with Gasteiger partial charge in [0.1, 0.15) is 12.2 Å². The molecule has 7 nitrogen and oxygen atoms in total. The maximum atomic E-state index is 12.2. The standard InChI is InChI=1S/C16H20F3N3O4/c17-16(18,19)12-15(23)21-9-7-20(8-10-21)6-1-11-26-14-4-2-13(3-5-14)22(24)25/h2-5H,1,6-12H2. The molecule has 0 aromatic heterocycles. The van der Waals surface area contributed by atoms with Gasteiger partial charge in [-0.3, -0.25) is 19.8 Å². The van der Waals surface area contributed by atoms with Gasteiger partial charge in [0.15, 0.2) is 0 Å². The summed E-state index contributed by atoms with van der Waals surface area (Å²) in [5.41, 5.74) is -0.00436. The largest absolute Gasteiger partial charge is 0.494 e. The number of nitro groups is 1. The third-order valence-corrected chi connectivity index (χ3v) is 4.01. The number of nitro benzene ring substituents is 1. The summed E-state index contributed by atoms with van der Waals surface area (Å²) < 4.78 is 42.2. The molecule has 1 aliphatic heterocycles. The normalized spacial score (nSPS) is 15.7.